The SMILES string of the molecule is C[NH2+]C=C(C=N)c1ccc2ncc(C(C)(O)c3cc4cccnc4cc3F)n2n1. The van der Waals surface area contributed by atoms with Crippen molar-refractivity contribution in [2.75, 3.05) is 7.05 Å². The zero-order valence-corrected chi connectivity index (χ0v) is 16.0. The van der Waals surface area contributed by atoms with Crippen LogP contribution in [-0.2, 0) is 5.60 Å². The predicted octanol–water partition coefficient (Wildman–Crippen LogP) is 1.86. The molecule has 1 aromatic carbocycles. The van der Waals surface area contributed by atoms with Crippen molar-refractivity contribution in [3.8, 4) is 0 Å². The molecule has 0 aliphatic heterocycles. The number of benzene rings is 1. The first-order valence-corrected chi connectivity index (χ1v) is 9.08. The van der Waals surface area contributed by atoms with E-state index in [1.165, 1.54) is 29.9 Å². The van der Waals surface area contributed by atoms with Crippen LogP contribution in [0.2, 0.25) is 0 Å². The molecular formula is C21H20FN6O+. The number of aromatic nitrogens is 4. The van der Waals surface area contributed by atoms with E-state index in [0.29, 0.717) is 28.1 Å². The molecule has 4 rings (SSSR count). The minimum atomic E-state index is -1.69. The third-order valence-electron chi connectivity index (χ3n) is 4.87. The van der Waals surface area contributed by atoms with Crippen LogP contribution < -0.4 is 5.32 Å². The summed E-state index contributed by atoms with van der Waals surface area (Å²) in [6.45, 7) is 1.51. The highest BCUT2D eigenvalue weighted by Gasteiger charge is 2.33. The van der Waals surface area contributed by atoms with Gasteiger partial charge in [0, 0.05) is 29.4 Å². The monoisotopic (exact) mass is 391 g/mol. The summed E-state index contributed by atoms with van der Waals surface area (Å²) in [6, 6.07) is 9.98. The molecule has 0 radical (unpaired) electrons. The van der Waals surface area contributed by atoms with Crippen LogP contribution in [-0.4, -0.2) is 38.0 Å². The van der Waals surface area contributed by atoms with E-state index < -0.39 is 11.4 Å². The van der Waals surface area contributed by atoms with Gasteiger partial charge in [-0.2, -0.15) is 5.10 Å². The number of fused-ring (bicyclic) bond motifs is 2. The molecule has 29 heavy (non-hydrogen) atoms. The number of rotatable bonds is 5. The molecule has 3 heterocycles. The first-order valence-electron chi connectivity index (χ1n) is 9.08. The summed E-state index contributed by atoms with van der Waals surface area (Å²) in [5.74, 6) is -0.562. The fourth-order valence-electron chi connectivity index (χ4n) is 3.35. The first kappa shape index (κ1) is 18.9. The topological polar surface area (TPSA) is 104 Å². The third kappa shape index (κ3) is 3.18. The number of nitrogens with one attached hydrogen (secondary N) is 1. The second-order valence-corrected chi connectivity index (χ2v) is 6.83. The van der Waals surface area contributed by atoms with Gasteiger partial charge in [0.25, 0.3) is 0 Å². The molecule has 0 saturated heterocycles. The predicted molar refractivity (Wildman–Crippen MR) is 108 cm³/mol. The molecule has 1 atom stereocenters. The van der Waals surface area contributed by atoms with Crippen LogP contribution in [0.4, 0.5) is 4.39 Å². The molecule has 3 aromatic heterocycles. The number of imidazole rings is 1. The fraction of sp³-hybridized carbons (Fsp3) is 0.143. The minimum absolute atomic E-state index is 0.108. The maximum Gasteiger partial charge on any atom is 0.153 e. The van der Waals surface area contributed by atoms with Crippen LogP contribution in [0.15, 0.2) is 55.0 Å². The number of hydrogen-bond donors (Lipinski definition) is 3. The molecule has 0 saturated carbocycles. The smallest absolute Gasteiger partial charge is 0.153 e. The standard InChI is InChI=1S/C21H19FN6O/c1-21(29,15-8-13-4-3-7-25-18(13)9-16(15)22)19-12-26-20-6-5-17(27-28(19)20)14(10-23)11-24-2/h3-12,23-24,29H,1-2H3/p+1. The largest absolute Gasteiger partial charge is 0.379 e. The Morgan fingerprint density at radius 1 is 1.28 bits per heavy atom. The van der Waals surface area contributed by atoms with E-state index in [2.05, 4.69) is 15.1 Å². The number of quaternary nitrogens is 1. The summed E-state index contributed by atoms with van der Waals surface area (Å²) in [5, 5.41) is 26.0. The average Bonchev–Trinajstić information content (AvgIpc) is 3.15. The second-order valence-electron chi connectivity index (χ2n) is 6.83. The van der Waals surface area contributed by atoms with Gasteiger partial charge in [-0.25, -0.2) is 13.9 Å². The third-order valence-corrected chi connectivity index (χ3v) is 4.87. The molecule has 1 unspecified atom stereocenters. The Morgan fingerprint density at radius 2 is 2.10 bits per heavy atom. The number of nitrogens with zero attached hydrogens (tertiary/aromatic N) is 4. The maximum absolute atomic E-state index is 14.9. The molecule has 4 N–H and O–H groups in total. The molecule has 7 nitrogen and oxygen atoms in total. The second kappa shape index (κ2) is 7.16. The zero-order valence-electron chi connectivity index (χ0n) is 16.0. The summed E-state index contributed by atoms with van der Waals surface area (Å²) in [4.78, 5) is 8.45. The van der Waals surface area contributed by atoms with E-state index in [-0.39, 0.29) is 5.56 Å². The van der Waals surface area contributed by atoms with Gasteiger partial charge in [0.1, 0.15) is 17.6 Å². The number of allylic oxidation sites excluding steroid dienone is 1. The van der Waals surface area contributed by atoms with Gasteiger partial charge in [-0.1, -0.05) is 6.07 Å². The number of nitrogens with two attached hydrogens (primary N) is 1. The Hall–Kier alpha value is -3.49. The Bertz CT molecular complexity index is 1260. The molecule has 4 aromatic rings. The van der Waals surface area contributed by atoms with Gasteiger partial charge in [-0.15, -0.1) is 0 Å². The number of halogens is 1. The van der Waals surface area contributed by atoms with Crippen molar-refractivity contribution in [3.63, 3.8) is 0 Å². The highest BCUT2D eigenvalue weighted by molar-refractivity contribution is 6.06. The molecule has 0 amide bonds. The van der Waals surface area contributed by atoms with Crippen LogP contribution >= 0.6 is 0 Å². The highest BCUT2D eigenvalue weighted by Crippen LogP contribution is 2.33. The van der Waals surface area contributed by atoms with Crippen molar-refractivity contribution < 1.29 is 14.8 Å². The molecular weight excluding hydrogens is 371 g/mol. The minimum Gasteiger partial charge on any atom is -0.379 e. The van der Waals surface area contributed by atoms with Gasteiger partial charge in [0.2, 0.25) is 0 Å². The summed E-state index contributed by atoms with van der Waals surface area (Å²) < 4.78 is 16.4. The Balaban J connectivity index is 1.90. The number of aliphatic hydroxyl groups is 1. The Morgan fingerprint density at radius 3 is 2.86 bits per heavy atom. The van der Waals surface area contributed by atoms with Crippen molar-refractivity contribution in [1.29, 1.82) is 5.41 Å². The lowest BCUT2D eigenvalue weighted by Crippen LogP contribution is -2.72. The quantitative estimate of drug-likeness (QED) is 0.452. The van der Waals surface area contributed by atoms with Gasteiger partial charge < -0.3 is 15.8 Å². The molecule has 0 bridgehead atoms. The number of hydrogen-bond acceptors (Lipinski definition) is 5. The fourth-order valence-corrected chi connectivity index (χ4v) is 3.35. The van der Waals surface area contributed by atoms with Gasteiger partial charge in [0.05, 0.1) is 35.7 Å². The van der Waals surface area contributed by atoms with E-state index in [1.807, 2.05) is 18.4 Å². The molecule has 0 fully saturated rings. The van der Waals surface area contributed by atoms with Crippen molar-refractivity contribution in [2.24, 2.45) is 0 Å². The lowest BCUT2D eigenvalue weighted by atomic mass is 9.91. The van der Waals surface area contributed by atoms with E-state index in [1.54, 1.807) is 36.7 Å². The van der Waals surface area contributed by atoms with Crippen LogP contribution in [0.5, 0.6) is 0 Å². The molecule has 0 aliphatic carbocycles. The lowest BCUT2D eigenvalue weighted by molar-refractivity contribution is -0.555. The summed E-state index contributed by atoms with van der Waals surface area (Å²) >= 11 is 0. The van der Waals surface area contributed by atoms with E-state index in [9.17, 15) is 9.50 Å². The van der Waals surface area contributed by atoms with Crippen molar-refractivity contribution in [1.82, 2.24) is 19.6 Å². The maximum atomic E-state index is 14.9. The van der Waals surface area contributed by atoms with Crippen LogP contribution in [0.3, 0.4) is 0 Å². The lowest BCUT2D eigenvalue weighted by Gasteiger charge is -2.24. The van der Waals surface area contributed by atoms with Gasteiger partial charge in [-0.05, 0) is 31.2 Å². The normalized spacial score (nSPS) is 14.3. The van der Waals surface area contributed by atoms with Gasteiger partial charge >= 0.3 is 0 Å². The van der Waals surface area contributed by atoms with Crippen LogP contribution in [0.25, 0.3) is 22.1 Å². The van der Waals surface area contributed by atoms with E-state index >= 15 is 0 Å². The van der Waals surface area contributed by atoms with Gasteiger partial charge in [0.15, 0.2) is 5.65 Å². The van der Waals surface area contributed by atoms with E-state index in [0.717, 1.165) is 5.39 Å². The molecule has 0 spiro atoms. The summed E-state index contributed by atoms with van der Waals surface area (Å²) in [6.07, 6.45) is 6.06. The first-order chi connectivity index (χ1) is 14.0. The van der Waals surface area contributed by atoms with Crippen LogP contribution in [0.1, 0.15) is 23.9 Å². The van der Waals surface area contributed by atoms with Crippen molar-refractivity contribution in [2.45, 2.75) is 12.5 Å². The summed E-state index contributed by atoms with van der Waals surface area (Å²) in [7, 11) is 1.85. The summed E-state index contributed by atoms with van der Waals surface area (Å²) in [5.41, 5.74) is 0.916. The average molecular weight is 391 g/mol. The zero-order chi connectivity index (χ0) is 20.6. The Kier molecular flexibility index (Phi) is 4.65. The van der Waals surface area contributed by atoms with E-state index in [4.69, 9.17) is 5.41 Å². The Labute approximate surface area is 166 Å². The molecule has 0 aliphatic rings. The molecule has 146 valence electrons. The van der Waals surface area contributed by atoms with Crippen molar-refractivity contribution >= 4 is 28.3 Å². The van der Waals surface area contributed by atoms with Gasteiger partial charge in [-0.3, -0.25) is 4.98 Å². The van der Waals surface area contributed by atoms with Crippen molar-refractivity contribution in [3.05, 3.63) is 77.8 Å². The molecule has 8 heteroatoms. The number of pyridine rings is 1. The highest BCUT2D eigenvalue weighted by atomic mass is 19.1. The van der Waals surface area contributed by atoms with Crippen LogP contribution in [0, 0.1) is 11.2 Å².